The lowest BCUT2D eigenvalue weighted by Gasteiger charge is -2.20. The van der Waals surface area contributed by atoms with E-state index in [1.54, 1.807) is 27.7 Å². The van der Waals surface area contributed by atoms with Crippen LogP contribution < -0.4 is 10.6 Å². The van der Waals surface area contributed by atoms with Crippen molar-refractivity contribution in [3.63, 3.8) is 0 Å². The predicted octanol–water partition coefficient (Wildman–Crippen LogP) is 2.40. The van der Waals surface area contributed by atoms with Crippen molar-refractivity contribution in [2.24, 2.45) is 0 Å². The topological polar surface area (TPSA) is 105 Å². The first-order valence-electron chi connectivity index (χ1n) is 7.14. The number of rotatable bonds is 6. The molecule has 7 heteroatoms. The van der Waals surface area contributed by atoms with E-state index in [-0.39, 0.29) is 15.7 Å². The Balaban J connectivity index is -0.000000432. The minimum absolute atomic E-state index is 0. The van der Waals surface area contributed by atoms with E-state index in [0.29, 0.717) is 6.54 Å². The number of urea groups is 1. The molecule has 0 aliphatic heterocycles. The highest BCUT2D eigenvalue weighted by molar-refractivity contribution is 5.83. The normalized spacial score (nSPS) is 11.5. The van der Waals surface area contributed by atoms with Crippen molar-refractivity contribution in [1.82, 2.24) is 10.6 Å². The Labute approximate surface area is 129 Å². The highest BCUT2D eigenvalue weighted by Gasteiger charge is 2.23. The van der Waals surface area contributed by atoms with Crippen LogP contribution in [0, 0.1) is 0 Å². The first-order valence-corrected chi connectivity index (χ1v) is 7.14. The Bertz CT molecular complexity index is 347. The van der Waals surface area contributed by atoms with E-state index in [9.17, 15) is 14.4 Å². The number of amides is 2. The molecular weight excluding hydrogens is 276 g/mol. The van der Waals surface area contributed by atoms with Gasteiger partial charge in [-0.1, -0.05) is 13.8 Å². The Morgan fingerprint density at radius 1 is 1.24 bits per heavy atom. The standard InChI is InChI=1S/C12H22N2O5.C2H6.2H2/c1-5-13-11(18)14-8(10(16)17)6-7-9(15)19-12(2,3)4;1-2;;/h8H,5-7H2,1-4H3,(H,16,17)(H2,13,14,18);1-2H3;2*1H. The lowest BCUT2D eigenvalue weighted by molar-refractivity contribution is -0.155. The molecule has 0 radical (unpaired) electrons. The second-order valence-electron chi connectivity index (χ2n) is 5.02. The zero-order chi connectivity index (χ0) is 17.1. The van der Waals surface area contributed by atoms with E-state index in [2.05, 4.69) is 10.6 Å². The van der Waals surface area contributed by atoms with E-state index in [4.69, 9.17) is 9.84 Å². The van der Waals surface area contributed by atoms with Crippen LogP contribution in [0.1, 0.15) is 57.2 Å². The summed E-state index contributed by atoms with van der Waals surface area (Å²) < 4.78 is 5.06. The number of hydrogen-bond acceptors (Lipinski definition) is 4. The largest absolute Gasteiger partial charge is 0.480 e. The molecule has 21 heavy (non-hydrogen) atoms. The average Bonchev–Trinajstić information content (AvgIpc) is 2.34. The molecule has 0 aliphatic rings. The number of aliphatic carboxylic acids is 1. The number of ether oxygens (including phenoxy) is 1. The van der Waals surface area contributed by atoms with Crippen LogP contribution in [0.25, 0.3) is 0 Å². The van der Waals surface area contributed by atoms with E-state index < -0.39 is 29.6 Å². The number of esters is 1. The second-order valence-corrected chi connectivity index (χ2v) is 5.02. The second kappa shape index (κ2) is 10.9. The van der Waals surface area contributed by atoms with Crippen LogP contribution in [0.4, 0.5) is 4.79 Å². The fourth-order valence-electron chi connectivity index (χ4n) is 1.28. The first-order chi connectivity index (χ1) is 9.65. The molecule has 3 N–H and O–H groups in total. The summed E-state index contributed by atoms with van der Waals surface area (Å²) in [5.74, 6) is -1.67. The smallest absolute Gasteiger partial charge is 0.326 e. The third-order valence-electron chi connectivity index (χ3n) is 2.00. The number of carbonyl (C=O) groups excluding carboxylic acids is 2. The molecule has 0 fully saturated rings. The summed E-state index contributed by atoms with van der Waals surface area (Å²) in [6, 6.07) is -1.68. The lowest BCUT2D eigenvalue weighted by atomic mass is 10.1. The zero-order valence-corrected chi connectivity index (χ0v) is 13.8. The monoisotopic (exact) mass is 308 g/mol. The minimum atomic E-state index is -1.19. The Kier molecular flexibility index (Phi) is 11.2. The average molecular weight is 308 g/mol. The van der Waals surface area contributed by atoms with Crippen LogP contribution in [0.15, 0.2) is 0 Å². The quantitative estimate of drug-likeness (QED) is 0.653. The molecule has 2 amide bonds. The number of carboxylic acids is 1. The molecule has 0 spiro atoms. The molecule has 0 aromatic rings. The van der Waals surface area contributed by atoms with Gasteiger partial charge in [0.1, 0.15) is 11.6 Å². The number of carboxylic acid groups (broad SMARTS) is 1. The van der Waals surface area contributed by atoms with Crippen molar-refractivity contribution in [2.75, 3.05) is 6.54 Å². The van der Waals surface area contributed by atoms with E-state index in [0.717, 1.165) is 0 Å². The Morgan fingerprint density at radius 3 is 2.14 bits per heavy atom. The summed E-state index contributed by atoms with van der Waals surface area (Å²) in [6.45, 7) is 11.3. The van der Waals surface area contributed by atoms with Gasteiger partial charge in [-0.3, -0.25) is 4.79 Å². The van der Waals surface area contributed by atoms with Crippen molar-refractivity contribution in [1.29, 1.82) is 0 Å². The summed E-state index contributed by atoms with van der Waals surface area (Å²) >= 11 is 0. The highest BCUT2D eigenvalue weighted by Crippen LogP contribution is 2.10. The molecule has 0 aromatic heterocycles. The Hall–Kier alpha value is -1.79. The summed E-state index contributed by atoms with van der Waals surface area (Å²) in [4.78, 5) is 33.6. The number of nitrogens with one attached hydrogen (secondary N) is 2. The van der Waals surface area contributed by atoms with Crippen LogP contribution in [0.3, 0.4) is 0 Å². The van der Waals surface area contributed by atoms with Gasteiger partial charge in [-0.2, -0.15) is 0 Å². The molecule has 128 valence electrons. The summed E-state index contributed by atoms with van der Waals surface area (Å²) in [5.41, 5.74) is -0.608. The molecule has 0 rings (SSSR count). The fourth-order valence-corrected chi connectivity index (χ4v) is 1.28. The molecule has 0 heterocycles. The maximum Gasteiger partial charge on any atom is 0.326 e. The summed E-state index contributed by atoms with van der Waals surface area (Å²) in [5, 5.41) is 13.6. The minimum Gasteiger partial charge on any atom is -0.480 e. The molecule has 0 bridgehead atoms. The van der Waals surface area contributed by atoms with Crippen LogP contribution in [-0.4, -0.2) is 41.3 Å². The molecule has 0 aromatic carbocycles. The zero-order valence-electron chi connectivity index (χ0n) is 13.8. The SMILES string of the molecule is CC.CCNC(=O)NC(CCC(=O)OC(C)(C)C)C(=O)O.[HH].[HH]. The van der Waals surface area contributed by atoms with Gasteiger partial charge in [0.25, 0.3) is 0 Å². The maximum absolute atomic E-state index is 11.5. The van der Waals surface area contributed by atoms with Crippen LogP contribution in [-0.2, 0) is 14.3 Å². The lowest BCUT2D eigenvalue weighted by Crippen LogP contribution is -2.46. The molecule has 1 atom stereocenters. The first kappa shape index (κ1) is 21.5. The third-order valence-corrected chi connectivity index (χ3v) is 2.00. The molecular formula is C14H32N2O5. The van der Waals surface area contributed by atoms with Crippen molar-refractivity contribution in [3.05, 3.63) is 0 Å². The summed E-state index contributed by atoms with van der Waals surface area (Å²) in [7, 11) is 0. The van der Waals surface area contributed by atoms with Crippen molar-refractivity contribution < 1.29 is 27.1 Å². The summed E-state index contributed by atoms with van der Waals surface area (Å²) in [6.07, 6.45) is -0.0813. The van der Waals surface area contributed by atoms with Gasteiger partial charge in [-0.25, -0.2) is 9.59 Å². The van der Waals surface area contributed by atoms with Gasteiger partial charge in [0, 0.05) is 15.8 Å². The van der Waals surface area contributed by atoms with E-state index in [1.807, 2.05) is 13.8 Å². The van der Waals surface area contributed by atoms with Crippen LogP contribution in [0.5, 0.6) is 0 Å². The van der Waals surface area contributed by atoms with Crippen molar-refractivity contribution in [3.8, 4) is 0 Å². The van der Waals surface area contributed by atoms with Gasteiger partial charge in [0.15, 0.2) is 0 Å². The van der Waals surface area contributed by atoms with Gasteiger partial charge in [-0.05, 0) is 34.1 Å². The molecule has 7 nitrogen and oxygen atoms in total. The van der Waals surface area contributed by atoms with E-state index in [1.165, 1.54) is 0 Å². The number of hydrogen-bond donors (Lipinski definition) is 3. The van der Waals surface area contributed by atoms with Gasteiger partial charge >= 0.3 is 18.0 Å². The molecule has 0 aliphatic carbocycles. The Morgan fingerprint density at radius 2 is 1.76 bits per heavy atom. The maximum atomic E-state index is 11.5. The van der Waals surface area contributed by atoms with Crippen molar-refractivity contribution >= 4 is 18.0 Å². The highest BCUT2D eigenvalue weighted by atomic mass is 16.6. The molecule has 1 unspecified atom stereocenters. The van der Waals surface area contributed by atoms with Gasteiger partial charge < -0.3 is 20.5 Å². The van der Waals surface area contributed by atoms with Gasteiger partial charge in [-0.15, -0.1) is 0 Å². The van der Waals surface area contributed by atoms with Crippen LogP contribution >= 0.6 is 0 Å². The van der Waals surface area contributed by atoms with Crippen LogP contribution in [0.2, 0.25) is 0 Å². The fraction of sp³-hybridized carbons (Fsp3) is 0.786. The van der Waals surface area contributed by atoms with Crippen molar-refractivity contribution in [2.45, 2.75) is 66.0 Å². The van der Waals surface area contributed by atoms with E-state index >= 15 is 0 Å². The molecule has 0 saturated carbocycles. The van der Waals surface area contributed by atoms with Gasteiger partial charge in [0.05, 0.1) is 0 Å². The predicted molar refractivity (Wildman–Crippen MR) is 84.3 cm³/mol. The molecule has 0 saturated heterocycles. The van der Waals surface area contributed by atoms with Gasteiger partial charge in [0.2, 0.25) is 0 Å². The number of carbonyl (C=O) groups is 3. The third kappa shape index (κ3) is 13.0.